The molecule has 0 unspecified atom stereocenters. The molecule has 3 aromatic heterocycles. The van der Waals surface area contributed by atoms with Crippen molar-refractivity contribution in [2.24, 2.45) is 21.1 Å². The van der Waals surface area contributed by atoms with Crippen molar-refractivity contribution in [2.45, 2.75) is 13.8 Å². The van der Waals surface area contributed by atoms with Crippen LogP contribution in [-0.4, -0.2) is 18.5 Å². The summed E-state index contributed by atoms with van der Waals surface area (Å²) in [4.78, 5) is 4.32. The van der Waals surface area contributed by atoms with Crippen LogP contribution < -0.4 is 4.57 Å². The molecule has 3 aromatic rings. The van der Waals surface area contributed by atoms with Crippen molar-refractivity contribution in [3.05, 3.63) is 30.0 Å². The summed E-state index contributed by atoms with van der Waals surface area (Å²) in [5, 5.41) is 0. The lowest BCUT2D eigenvalue weighted by Crippen LogP contribution is -2.29. The molecule has 3 heterocycles. The van der Waals surface area contributed by atoms with Crippen molar-refractivity contribution in [3.63, 3.8) is 0 Å². The molecule has 0 amide bonds. The highest BCUT2D eigenvalue weighted by Crippen LogP contribution is 2.21. The maximum atomic E-state index is 7.56. The number of aryl methyl sites for hydroxylation is 5. The first-order valence-electron chi connectivity index (χ1n) is 7.28. The Morgan fingerprint density at radius 3 is 2.72 bits per heavy atom. The third kappa shape index (κ3) is 1.27. The molecule has 0 radical (unpaired) electrons. The summed E-state index contributed by atoms with van der Waals surface area (Å²) in [5.41, 5.74) is 1.80. The first kappa shape index (κ1) is 8.13. The zero-order valence-corrected chi connectivity index (χ0v) is 11.0. The largest absolute Gasteiger partial charge is 0.306 e. The molecule has 0 aliphatic heterocycles. The molecule has 0 atom stereocenters. The van der Waals surface area contributed by atoms with E-state index in [0.29, 0.717) is 11.5 Å². The highest BCUT2D eigenvalue weighted by atomic mass is 15.2. The van der Waals surface area contributed by atoms with Crippen LogP contribution in [0.3, 0.4) is 0 Å². The Labute approximate surface area is 110 Å². The fraction of sp³-hybridized carbons (Fsp3) is 0.385. The summed E-state index contributed by atoms with van der Waals surface area (Å²) in [6.07, 6.45) is 5.89. The first-order valence-corrected chi connectivity index (χ1v) is 5.78. The molecule has 94 valence electrons. The smallest absolute Gasteiger partial charge is 0.306 e. The van der Waals surface area contributed by atoms with Gasteiger partial charge in [-0.1, -0.05) is 0 Å². The first-order chi connectivity index (χ1) is 9.71. The standard InChI is InChI=1S/C13H18N5/c1-9-10(2)18-8-11(17(5)13(18)14-9)12-15(3)6-7-16(12)4/h6-8H,1-5H3/q+1/i1D3. The van der Waals surface area contributed by atoms with Gasteiger partial charge in [-0.25, -0.2) is 14.1 Å². The molecule has 0 saturated carbocycles. The lowest BCUT2D eigenvalue weighted by atomic mass is 10.4. The van der Waals surface area contributed by atoms with Crippen molar-refractivity contribution in [1.29, 1.82) is 0 Å². The summed E-state index contributed by atoms with van der Waals surface area (Å²) in [6, 6.07) is 0. The molecular weight excluding hydrogens is 226 g/mol. The van der Waals surface area contributed by atoms with E-state index < -0.39 is 6.85 Å². The van der Waals surface area contributed by atoms with Crippen LogP contribution >= 0.6 is 0 Å². The zero-order chi connectivity index (χ0) is 15.5. The van der Waals surface area contributed by atoms with Crippen molar-refractivity contribution in [1.82, 2.24) is 18.5 Å². The number of hydrogen-bond donors (Lipinski definition) is 0. The van der Waals surface area contributed by atoms with Crippen LogP contribution in [0.25, 0.3) is 17.3 Å². The summed E-state index contributed by atoms with van der Waals surface area (Å²) < 4.78 is 30.5. The van der Waals surface area contributed by atoms with Gasteiger partial charge in [-0.05, 0) is 13.8 Å². The normalized spacial score (nSPS) is 14.8. The second-order valence-corrected chi connectivity index (χ2v) is 4.63. The Morgan fingerprint density at radius 2 is 2.17 bits per heavy atom. The van der Waals surface area contributed by atoms with E-state index in [1.807, 2.05) is 57.8 Å². The molecule has 0 saturated heterocycles. The van der Waals surface area contributed by atoms with E-state index in [9.17, 15) is 0 Å². The number of hydrogen-bond acceptors (Lipinski definition) is 1. The van der Waals surface area contributed by atoms with Gasteiger partial charge in [0, 0.05) is 23.1 Å². The highest BCUT2D eigenvalue weighted by Gasteiger charge is 2.21. The van der Waals surface area contributed by atoms with Crippen LogP contribution in [0, 0.1) is 13.8 Å². The summed E-state index contributed by atoms with van der Waals surface area (Å²) in [5.74, 6) is 1.66. The van der Waals surface area contributed by atoms with E-state index in [4.69, 9.17) is 4.11 Å². The third-order valence-corrected chi connectivity index (χ3v) is 3.46. The monoisotopic (exact) mass is 247 g/mol. The zero-order valence-electron chi connectivity index (χ0n) is 14.0. The van der Waals surface area contributed by atoms with E-state index in [1.165, 1.54) is 0 Å². The van der Waals surface area contributed by atoms with Crippen LogP contribution in [0.1, 0.15) is 15.5 Å². The minimum Gasteiger partial charge on any atom is -0.306 e. The van der Waals surface area contributed by atoms with Gasteiger partial charge >= 0.3 is 5.82 Å². The van der Waals surface area contributed by atoms with Gasteiger partial charge in [0.1, 0.15) is 12.4 Å². The number of aromatic nitrogens is 5. The molecule has 0 fully saturated rings. The second kappa shape index (κ2) is 3.48. The minimum atomic E-state index is -2.19. The molecule has 0 N–H and O–H groups in total. The van der Waals surface area contributed by atoms with Gasteiger partial charge in [0.15, 0.2) is 5.69 Å². The summed E-state index contributed by atoms with van der Waals surface area (Å²) in [6.45, 7) is -0.400. The van der Waals surface area contributed by atoms with Crippen molar-refractivity contribution < 1.29 is 8.68 Å². The Bertz CT molecular complexity index is 815. The molecule has 5 nitrogen and oxygen atoms in total. The van der Waals surface area contributed by atoms with E-state index in [1.54, 1.807) is 6.92 Å². The minimum absolute atomic E-state index is 0.163. The number of imidazole rings is 3. The van der Waals surface area contributed by atoms with Crippen molar-refractivity contribution in [3.8, 4) is 11.5 Å². The lowest BCUT2D eigenvalue weighted by Gasteiger charge is -1.99. The van der Waals surface area contributed by atoms with Crippen molar-refractivity contribution >= 4 is 5.78 Å². The molecule has 5 heteroatoms. The van der Waals surface area contributed by atoms with E-state index in [-0.39, 0.29) is 5.69 Å². The second-order valence-electron chi connectivity index (χ2n) is 4.63. The SMILES string of the molecule is [2H]C([2H])([2H])c1nc2n(C)c(-c3n(C)cc[n+]3C)cn2c1C. The molecule has 0 spiro atoms. The number of nitrogens with zero attached hydrogens (tertiary/aromatic N) is 5. The Morgan fingerprint density at radius 1 is 1.39 bits per heavy atom. The molecule has 0 aliphatic rings. The predicted octanol–water partition coefficient (Wildman–Crippen LogP) is 1.12. The molecule has 0 bridgehead atoms. The average Bonchev–Trinajstić information content (AvgIpc) is 2.97. The maximum absolute atomic E-state index is 7.56. The fourth-order valence-corrected chi connectivity index (χ4v) is 2.37. The summed E-state index contributed by atoms with van der Waals surface area (Å²) in [7, 11) is 5.85. The van der Waals surface area contributed by atoms with E-state index in [2.05, 4.69) is 4.98 Å². The van der Waals surface area contributed by atoms with E-state index >= 15 is 0 Å². The maximum Gasteiger partial charge on any atom is 0.306 e. The number of rotatable bonds is 1. The Hall–Kier alpha value is -2.04. The molecule has 3 rings (SSSR count). The van der Waals surface area contributed by atoms with Gasteiger partial charge in [0.25, 0.3) is 0 Å². The van der Waals surface area contributed by atoms with Crippen LogP contribution in [-0.2, 0) is 21.1 Å². The molecule has 0 aliphatic carbocycles. The van der Waals surface area contributed by atoms with Gasteiger partial charge in [0.2, 0.25) is 5.78 Å². The Balaban J connectivity index is 2.28. The van der Waals surface area contributed by atoms with Crippen molar-refractivity contribution in [2.75, 3.05) is 0 Å². The molecule has 0 aromatic carbocycles. The van der Waals surface area contributed by atoms with Crippen LogP contribution in [0.15, 0.2) is 18.6 Å². The highest BCUT2D eigenvalue weighted by molar-refractivity contribution is 5.54. The third-order valence-electron chi connectivity index (χ3n) is 3.46. The quantitative estimate of drug-likeness (QED) is 0.593. The molecular formula is C13H18N5+. The van der Waals surface area contributed by atoms with Gasteiger partial charge < -0.3 is 4.57 Å². The van der Waals surface area contributed by atoms with Gasteiger partial charge in [0.05, 0.1) is 19.8 Å². The van der Waals surface area contributed by atoms with Crippen LogP contribution in [0.5, 0.6) is 0 Å². The van der Waals surface area contributed by atoms with Gasteiger partial charge in [-0.15, -0.1) is 0 Å². The van der Waals surface area contributed by atoms with E-state index in [0.717, 1.165) is 11.5 Å². The number of fused-ring (bicyclic) bond motifs is 1. The Kier molecular flexibility index (Phi) is 1.57. The van der Waals surface area contributed by atoms with Crippen LogP contribution in [0.2, 0.25) is 0 Å². The fourth-order valence-electron chi connectivity index (χ4n) is 2.37. The summed E-state index contributed by atoms with van der Waals surface area (Å²) >= 11 is 0. The lowest BCUT2D eigenvalue weighted by molar-refractivity contribution is -0.659. The molecule has 18 heavy (non-hydrogen) atoms. The van der Waals surface area contributed by atoms with Crippen LogP contribution in [0.4, 0.5) is 0 Å². The average molecular weight is 247 g/mol. The van der Waals surface area contributed by atoms with Gasteiger partial charge in [-0.3, -0.25) is 4.40 Å². The van der Waals surface area contributed by atoms with Gasteiger partial charge in [-0.2, -0.15) is 0 Å². The predicted molar refractivity (Wildman–Crippen MR) is 69.2 cm³/mol. The topological polar surface area (TPSA) is 31.0 Å².